The van der Waals surface area contributed by atoms with Gasteiger partial charge in [-0.1, -0.05) is 29.8 Å². The summed E-state index contributed by atoms with van der Waals surface area (Å²) in [6.07, 6.45) is 0. The third-order valence-corrected chi connectivity index (χ3v) is 2.71. The second kappa shape index (κ2) is 5.68. The van der Waals surface area contributed by atoms with E-state index in [9.17, 15) is 8.78 Å². The van der Waals surface area contributed by atoms with Crippen molar-refractivity contribution in [2.24, 2.45) is 0 Å². The van der Waals surface area contributed by atoms with Gasteiger partial charge in [0.2, 0.25) is 0 Å². The molecule has 0 saturated heterocycles. The third-order valence-electron chi connectivity index (χ3n) is 2.48. The number of benzene rings is 2. The molecule has 0 heterocycles. The Bertz CT molecular complexity index is 638. The predicted octanol–water partition coefficient (Wildman–Crippen LogP) is 4.48. The van der Waals surface area contributed by atoms with Crippen molar-refractivity contribution in [3.05, 3.63) is 53.1 Å². The van der Waals surface area contributed by atoms with Crippen molar-refractivity contribution in [2.45, 2.75) is 6.61 Å². The molecule has 0 aliphatic rings. The molecule has 0 aromatic heterocycles. The lowest BCUT2D eigenvalue weighted by Crippen LogP contribution is -2.03. The SMILES string of the molecule is N#Cc1ccc(-c2cccc(Cl)c2)cc1OC(F)F. The quantitative estimate of drug-likeness (QED) is 0.830. The highest BCUT2D eigenvalue weighted by atomic mass is 35.5. The Balaban J connectivity index is 2.46. The van der Waals surface area contributed by atoms with E-state index in [4.69, 9.17) is 16.9 Å². The molecule has 2 rings (SSSR count). The van der Waals surface area contributed by atoms with Crippen molar-refractivity contribution in [3.63, 3.8) is 0 Å². The molecule has 96 valence electrons. The molecule has 0 amide bonds. The van der Waals surface area contributed by atoms with Crippen molar-refractivity contribution >= 4 is 11.6 Å². The van der Waals surface area contributed by atoms with Crippen LogP contribution >= 0.6 is 11.6 Å². The number of ether oxygens (including phenoxy) is 1. The highest BCUT2D eigenvalue weighted by Gasteiger charge is 2.11. The van der Waals surface area contributed by atoms with Gasteiger partial charge >= 0.3 is 6.61 Å². The topological polar surface area (TPSA) is 33.0 Å². The Labute approximate surface area is 113 Å². The van der Waals surface area contributed by atoms with E-state index in [0.717, 1.165) is 5.56 Å². The average Bonchev–Trinajstić information content (AvgIpc) is 2.38. The second-order valence-corrected chi connectivity index (χ2v) is 4.15. The summed E-state index contributed by atoms with van der Waals surface area (Å²) in [4.78, 5) is 0. The molecule has 0 unspecified atom stereocenters. The van der Waals surface area contributed by atoms with Gasteiger partial charge in [-0.3, -0.25) is 0 Å². The van der Waals surface area contributed by atoms with Crippen molar-refractivity contribution in [1.29, 1.82) is 5.26 Å². The molecule has 0 spiro atoms. The van der Waals surface area contributed by atoms with Crippen LogP contribution in [0.1, 0.15) is 5.56 Å². The van der Waals surface area contributed by atoms with Crippen LogP contribution in [0.15, 0.2) is 42.5 Å². The fourth-order valence-electron chi connectivity index (χ4n) is 1.66. The van der Waals surface area contributed by atoms with E-state index in [1.807, 2.05) is 0 Å². The lowest BCUT2D eigenvalue weighted by molar-refractivity contribution is -0.0500. The van der Waals surface area contributed by atoms with Gasteiger partial charge < -0.3 is 4.74 Å². The van der Waals surface area contributed by atoms with Gasteiger partial charge in [0.25, 0.3) is 0 Å². The summed E-state index contributed by atoms with van der Waals surface area (Å²) in [7, 11) is 0. The van der Waals surface area contributed by atoms with Crippen molar-refractivity contribution in [2.75, 3.05) is 0 Å². The molecule has 2 aromatic carbocycles. The van der Waals surface area contributed by atoms with Crippen LogP contribution in [0, 0.1) is 11.3 Å². The predicted molar refractivity (Wildman–Crippen MR) is 68.2 cm³/mol. The lowest BCUT2D eigenvalue weighted by atomic mass is 10.0. The van der Waals surface area contributed by atoms with E-state index in [-0.39, 0.29) is 11.3 Å². The summed E-state index contributed by atoms with van der Waals surface area (Å²) in [5, 5.41) is 9.38. The average molecular weight is 280 g/mol. The first kappa shape index (κ1) is 13.3. The maximum Gasteiger partial charge on any atom is 0.387 e. The molecule has 0 aliphatic heterocycles. The standard InChI is InChI=1S/C14H8ClF2NO/c15-12-3-1-2-9(6-12)10-4-5-11(8-18)13(7-10)19-14(16)17/h1-7,14H. The highest BCUT2D eigenvalue weighted by Crippen LogP contribution is 2.29. The third kappa shape index (κ3) is 3.21. The monoisotopic (exact) mass is 279 g/mol. The molecule has 0 fully saturated rings. The van der Waals surface area contributed by atoms with Crippen LogP contribution in [-0.2, 0) is 0 Å². The number of rotatable bonds is 3. The number of nitrogens with zero attached hydrogens (tertiary/aromatic N) is 1. The molecule has 2 nitrogen and oxygen atoms in total. The molecule has 0 aliphatic carbocycles. The summed E-state index contributed by atoms with van der Waals surface area (Å²) in [6.45, 7) is -2.97. The molecule has 5 heteroatoms. The fourth-order valence-corrected chi connectivity index (χ4v) is 1.85. The molecule has 2 aromatic rings. The molecule has 0 N–H and O–H groups in total. The summed E-state index contributed by atoms with van der Waals surface area (Å²) < 4.78 is 28.9. The van der Waals surface area contributed by atoms with Gasteiger partial charge in [0.1, 0.15) is 11.8 Å². The number of alkyl halides is 2. The number of halogens is 3. The first-order valence-corrected chi connectivity index (χ1v) is 5.73. The molecule has 0 saturated carbocycles. The minimum atomic E-state index is -2.97. The summed E-state index contributed by atoms with van der Waals surface area (Å²) in [5.41, 5.74) is 1.47. The van der Waals surface area contributed by atoms with Gasteiger partial charge in [-0.2, -0.15) is 14.0 Å². The number of hydrogen-bond acceptors (Lipinski definition) is 2. The zero-order chi connectivity index (χ0) is 13.8. The van der Waals surface area contributed by atoms with Crippen LogP contribution < -0.4 is 4.74 Å². The van der Waals surface area contributed by atoms with E-state index in [0.29, 0.717) is 10.6 Å². The van der Waals surface area contributed by atoms with Gasteiger partial charge in [-0.05, 0) is 35.4 Å². The Morgan fingerprint density at radius 3 is 2.47 bits per heavy atom. The molecule has 0 radical (unpaired) electrons. The van der Waals surface area contributed by atoms with Crippen molar-refractivity contribution < 1.29 is 13.5 Å². The van der Waals surface area contributed by atoms with Gasteiger partial charge in [0.15, 0.2) is 0 Å². The zero-order valence-electron chi connectivity index (χ0n) is 9.61. The molecule has 0 atom stereocenters. The lowest BCUT2D eigenvalue weighted by Gasteiger charge is -2.09. The van der Waals surface area contributed by atoms with Crippen LogP contribution in [-0.4, -0.2) is 6.61 Å². The van der Waals surface area contributed by atoms with E-state index in [1.165, 1.54) is 12.1 Å². The normalized spacial score (nSPS) is 10.3. The van der Waals surface area contributed by atoms with E-state index >= 15 is 0 Å². The van der Waals surface area contributed by atoms with E-state index in [2.05, 4.69) is 4.74 Å². The molecule has 19 heavy (non-hydrogen) atoms. The summed E-state index contributed by atoms with van der Waals surface area (Å²) >= 11 is 5.87. The highest BCUT2D eigenvalue weighted by molar-refractivity contribution is 6.30. The first-order valence-electron chi connectivity index (χ1n) is 5.35. The minimum absolute atomic E-state index is 0.0612. The van der Waals surface area contributed by atoms with E-state index < -0.39 is 6.61 Å². The fraction of sp³-hybridized carbons (Fsp3) is 0.0714. The van der Waals surface area contributed by atoms with E-state index in [1.54, 1.807) is 36.4 Å². The molecular formula is C14H8ClF2NO. The van der Waals surface area contributed by atoms with Gasteiger partial charge in [0, 0.05) is 5.02 Å². The van der Waals surface area contributed by atoms with Crippen LogP contribution in [0.4, 0.5) is 8.78 Å². The van der Waals surface area contributed by atoms with Crippen LogP contribution in [0.25, 0.3) is 11.1 Å². The maximum absolute atomic E-state index is 12.3. The number of hydrogen-bond donors (Lipinski definition) is 0. The Morgan fingerprint density at radius 2 is 1.84 bits per heavy atom. The smallest absolute Gasteiger partial charge is 0.387 e. The van der Waals surface area contributed by atoms with Gasteiger partial charge in [-0.25, -0.2) is 0 Å². The minimum Gasteiger partial charge on any atom is -0.433 e. The van der Waals surface area contributed by atoms with Gasteiger partial charge in [-0.15, -0.1) is 0 Å². The molecular weight excluding hydrogens is 272 g/mol. The first-order chi connectivity index (χ1) is 9.10. The summed E-state index contributed by atoms with van der Waals surface area (Å²) in [6, 6.07) is 13.3. The molecule has 0 bridgehead atoms. The van der Waals surface area contributed by atoms with Gasteiger partial charge in [0.05, 0.1) is 5.56 Å². The second-order valence-electron chi connectivity index (χ2n) is 3.71. The zero-order valence-corrected chi connectivity index (χ0v) is 10.4. The Morgan fingerprint density at radius 1 is 1.11 bits per heavy atom. The van der Waals surface area contributed by atoms with Crippen LogP contribution in [0.3, 0.4) is 0 Å². The Kier molecular flexibility index (Phi) is 3.98. The maximum atomic E-state index is 12.3. The van der Waals surface area contributed by atoms with Crippen LogP contribution in [0.5, 0.6) is 5.75 Å². The largest absolute Gasteiger partial charge is 0.433 e. The summed E-state index contributed by atoms with van der Waals surface area (Å²) in [5.74, 6) is -0.144. The Hall–Kier alpha value is -2.12. The number of nitriles is 1. The van der Waals surface area contributed by atoms with Crippen molar-refractivity contribution in [1.82, 2.24) is 0 Å². The van der Waals surface area contributed by atoms with Crippen molar-refractivity contribution in [3.8, 4) is 22.9 Å². The van der Waals surface area contributed by atoms with Crippen LogP contribution in [0.2, 0.25) is 5.02 Å².